The van der Waals surface area contributed by atoms with Gasteiger partial charge in [0.25, 0.3) is 0 Å². The molecule has 2 unspecified atom stereocenters. The van der Waals surface area contributed by atoms with Gasteiger partial charge in [0.05, 0.1) is 5.92 Å². The van der Waals surface area contributed by atoms with E-state index in [0.29, 0.717) is 13.0 Å². The van der Waals surface area contributed by atoms with Gasteiger partial charge in [-0.3, -0.25) is 4.79 Å². The van der Waals surface area contributed by atoms with Crippen molar-refractivity contribution in [3.05, 3.63) is 0 Å². The van der Waals surface area contributed by atoms with Crippen LogP contribution in [0.15, 0.2) is 0 Å². The highest BCUT2D eigenvalue weighted by atomic mass is 16.6. The van der Waals surface area contributed by atoms with Crippen molar-refractivity contribution < 1.29 is 19.4 Å². The summed E-state index contributed by atoms with van der Waals surface area (Å²) in [5, 5.41) is 11.6. The average Bonchev–Trinajstić information content (AvgIpc) is 2.59. The molecule has 1 aliphatic rings. The summed E-state index contributed by atoms with van der Waals surface area (Å²) in [6.07, 6.45) is 1.99. The van der Waals surface area contributed by atoms with Crippen LogP contribution in [0.25, 0.3) is 0 Å². The van der Waals surface area contributed by atoms with Crippen molar-refractivity contribution in [2.75, 3.05) is 6.54 Å². The van der Waals surface area contributed by atoms with Crippen LogP contribution >= 0.6 is 0 Å². The number of aliphatic carboxylic acids is 1. The minimum absolute atomic E-state index is 0.0278. The number of alkyl carbamates (subject to hydrolysis) is 1. The number of carbonyl (C=O) groups is 2. The number of nitrogens with one attached hydrogen (secondary N) is 1. The molecule has 1 rings (SSSR count). The lowest BCUT2D eigenvalue weighted by molar-refractivity contribution is -0.142. The molecule has 0 spiro atoms. The molecule has 1 amide bonds. The molecule has 0 bridgehead atoms. The molecule has 0 aromatic heterocycles. The Morgan fingerprint density at radius 1 is 1.35 bits per heavy atom. The number of carbonyl (C=O) groups excluding carboxylic acids is 1. The summed E-state index contributed by atoms with van der Waals surface area (Å²) in [7, 11) is 0. The van der Waals surface area contributed by atoms with E-state index in [1.165, 1.54) is 0 Å². The van der Waals surface area contributed by atoms with E-state index in [1.807, 2.05) is 0 Å². The number of ether oxygens (including phenoxy) is 1. The van der Waals surface area contributed by atoms with E-state index in [9.17, 15) is 9.59 Å². The molecular formula is C12H21NO4. The largest absolute Gasteiger partial charge is 0.481 e. The third-order valence-corrected chi connectivity index (χ3v) is 2.88. The highest BCUT2D eigenvalue weighted by Crippen LogP contribution is 2.31. The Morgan fingerprint density at radius 2 is 2.00 bits per heavy atom. The van der Waals surface area contributed by atoms with Crippen molar-refractivity contribution in [2.45, 2.75) is 45.6 Å². The molecule has 5 heteroatoms. The average molecular weight is 243 g/mol. The molecule has 5 nitrogen and oxygen atoms in total. The quantitative estimate of drug-likeness (QED) is 0.795. The number of carboxylic acids is 1. The molecule has 17 heavy (non-hydrogen) atoms. The van der Waals surface area contributed by atoms with E-state index in [-0.39, 0.29) is 11.8 Å². The number of hydrogen-bond acceptors (Lipinski definition) is 3. The first kappa shape index (κ1) is 13.8. The van der Waals surface area contributed by atoms with Crippen LogP contribution in [0.2, 0.25) is 0 Å². The zero-order chi connectivity index (χ0) is 13.1. The molecule has 1 aliphatic carbocycles. The summed E-state index contributed by atoms with van der Waals surface area (Å²) < 4.78 is 5.10. The Hall–Kier alpha value is -1.26. The maximum atomic E-state index is 11.4. The predicted octanol–water partition coefficient (Wildman–Crippen LogP) is 2.01. The van der Waals surface area contributed by atoms with Gasteiger partial charge in [-0.15, -0.1) is 0 Å². The van der Waals surface area contributed by atoms with Crippen LogP contribution in [0, 0.1) is 11.8 Å². The van der Waals surface area contributed by atoms with Crippen LogP contribution < -0.4 is 5.32 Å². The fourth-order valence-electron chi connectivity index (χ4n) is 2.13. The van der Waals surface area contributed by atoms with Crippen molar-refractivity contribution >= 4 is 12.1 Å². The summed E-state index contributed by atoms with van der Waals surface area (Å²) in [5.74, 6) is -1.07. The van der Waals surface area contributed by atoms with E-state index in [2.05, 4.69) is 5.32 Å². The zero-order valence-corrected chi connectivity index (χ0v) is 10.7. The van der Waals surface area contributed by atoms with E-state index >= 15 is 0 Å². The van der Waals surface area contributed by atoms with Gasteiger partial charge in [-0.2, -0.15) is 0 Å². The van der Waals surface area contributed by atoms with Crippen molar-refractivity contribution in [3.63, 3.8) is 0 Å². The third kappa shape index (κ3) is 4.63. The molecule has 98 valence electrons. The molecule has 0 radical (unpaired) electrons. The number of hydrogen-bond donors (Lipinski definition) is 2. The maximum absolute atomic E-state index is 11.4. The SMILES string of the molecule is CC(C)(C)OC(=O)NCC1CCCC1C(=O)O. The normalized spacial score (nSPS) is 24.4. The summed E-state index contributed by atoms with van der Waals surface area (Å²) in [5.41, 5.74) is -0.522. The van der Waals surface area contributed by atoms with Gasteiger partial charge in [0.15, 0.2) is 0 Å². The van der Waals surface area contributed by atoms with Crippen molar-refractivity contribution in [1.29, 1.82) is 0 Å². The fraction of sp³-hybridized carbons (Fsp3) is 0.833. The Kier molecular flexibility index (Phi) is 4.37. The van der Waals surface area contributed by atoms with Crippen molar-refractivity contribution in [3.8, 4) is 0 Å². The molecule has 0 aromatic carbocycles. The first-order chi connectivity index (χ1) is 7.79. The lowest BCUT2D eigenvalue weighted by atomic mass is 9.96. The van der Waals surface area contributed by atoms with E-state index in [4.69, 9.17) is 9.84 Å². The molecule has 0 aromatic rings. The lowest BCUT2D eigenvalue weighted by Gasteiger charge is -2.21. The van der Waals surface area contributed by atoms with Crippen LogP contribution in [-0.2, 0) is 9.53 Å². The van der Waals surface area contributed by atoms with Crippen molar-refractivity contribution in [1.82, 2.24) is 5.32 Å². The highest BCUT2D eigenvalue weighted by molar-refractivity contribution is 5.71. The Labute approximate surface area is 102 Å². The first-order valence-electron chi connectivity index (χ1n) is 5.99. The van der Waals surface area contributed by atoms with Crippen LogP contribution in [0.4, 0.5) is 4.79 Å². The van der Waals surface area contributed by atoms with E-state index in [0.717, 1.165) is 12.8 Å². The smallest absolute Gasteiger partial charge is 0.407 e. The molecule has 2 N–H and O–H groups in total. The van der Waals surface area contributed by atoms with Crippen molar-refractivity contribution in [2.24, 2.45) is 11.8 Å². The molecule has 0 aliphatic heterocycles. The Morgan fingerprint density at radius 3 is 2.53 bits per heavy atom. The van der Waals surface area contributed by atoms with Crippen LogP contribution in [0.3, 0.4) is 0 Å². The Bertz CT molecular complexity index is 295. The molecule has 0 heterocycles. The monoisotopic (exact) mass is 243 g/mol. The molecule has 0 saturated heterocycles. The first-order valence-corrected chi connectivity index (χ1v) is 5.99. The summed E-state index contributed by atoms with van der Waals surface area (Å²) >= 11 is 0. The van der Waals surface area contributed by atoms with Crippen LogP contribution in [0.1, 0.15) is 40.0 Å². The third-order valence-electron chi connectivity index (χ3n) is 2.88. The summed E-state index contributed by atoms with van der Waals surface area (Å²) in [6, 6.07) is 0. The maximum Gasteiger partial charge on any atom is 0.407 e. The van der Waals surface area contributed by atoms with Gasteiger partial charge < -0.3 is 15.2 Å². The molecule has 2 atom stereocenters. The predicted molar refractivity (Wildman–Crippen MR) is 62.7 cm³/mol. The fourth-order valence-corrected chi connectivity index (χ4v) is 2.13. The highest BCUT2D eigenvalue weighted by Gasteiger charge is 2.33. The summed E-state index contributed by atoms with van der Waals surface area (Å²) in [6.45, 7) is 5.76. The van der Waals surface area contributed by atoms with Gasteiger partial charge in [-0.1, -0.05) is 6.42 Å². The number of carboxylic acid groups (broad SMARTS) is 1. The van der Waals surface area contributed by atoms with Gasteiger partial charge in [-0.05, 0) is 39.5 Å². The number of rotatable bonds is 3. The van der Waals surface area contributed by atoms with E-state index < -0.39 is 17.7 Å². The second kappa shape index (κ2) is 5.38. The second-order valence-corrected chi connectivity index (χ2v) is 5.52. The van der Waals surface area contributed by atoms with Gasteiger partial charge in [0.1, 0.15) is 5.60 Å². The second-order valence-electron chi connectivity index (χ2n) is 5.52. The molecular weight excluding hydrogens is 222 g/mol. The zero-order valence-electron chi connectivity index (χ0n) is 10.7. The van der Waals surface area contributed by atoms with E-state index in [1.54, 1.807) is 20.8 Å². The van der Waals surface area contributed by atoms with Gasteiger partial charge in [-0.25, -0.2) is 4.79 Å². The standard InChI is InChI=1S/C12H21NO4/c1-12(2,3)17-11(16)13-7-8-5-4-6-9(8)10(14)15/h8-9H,4-7H2,1-3H3,(H,13,16)(H,14,15). The Balaban J connectivity index is 2.35. The number of amides is 1. The lowest BCUT2D eigenvalue weighted by Crippen LogP contribution is -2.37. The van der Waals surface area contributed by atoms with Gasteiger partial charge in [0, 0.05) is 6.54 Å². The van der Waals surface area contributed by atoms with Gasteiger partial charge in [0.2, 0.25) is 0 Å². The minimum Gasteiger partial charge on any atom is -0.481 e. The summed E-state index contributed by atoms with van der Waals surface area (Å²) in [4.78, 5) is 22.4. The van der Waals surface area contributed by atoms with Crippen LogP contribution in [0.5, 0.6) is 0 Å². The van der Waals surface area contributed by atoms with Crippen LogP contribution in [-0.4, -0.2) is 29.3 Å². The molecule has 1 fully saturated rings. The minimum atomic E-state index is -0.765. The molecule has 1 saturated carbocycles. The topological polar surface area (TPSA) is 75.6 Å². The van der Waals surface area contributed by atoms with Gasteiger partial charge >= 0.3 is 12.1 Å².